The monoisotopic (exact) mass is 242 g/mol. The van der Waals surface area contributed by atoms with Gasteiger partial charge in [0.25, 0.3) is 0 Å². The van der Waals surface area contributed by atoms with Crippen molar-refractivity contribution in [1.29, 1.82) is 5.26 Å². The molecule has 2 aromatic rings. The Balaban J connectivity index is 2.34. The lowest BCUT2D eigenvalue weighted by atomic mass is 10.1. The Bertz CT molecular complexity index is 632. The van der Waals surface area contributed by atoms with Crippen LogP contribution in [-0.2, 0) is 0 Å². The summed E-state index contributed by atoms with van der Waals surface area (Å²) in [7, 11) is 0. The molecule has 18 heavy (non-hydrogen) atoms. The molecule has 0 saturated heterocycles. The van der Waals surface area contributed by atoms with Crippen LogP contribution in [0.3, 0.4) is 0 Å². The van der Waals surface area contributed by atoms with Crippen LogP contribution >= 0.6 is 0 Å². The number of halogens is 1. The molecular formula is C14H11FN2O. The van der Waals surface area contributed by atoms with Gasteiger partial charge in [-0.1, -0.05) is 0 Å². The van der Waals surface area contributed by atoms with Crippen LogP contribution in [0.5, 0.6) is 11.5 Å². The van der Waals surface area contributed by atoms with Gasteiger partial charge in [0.2, 0.25) is 0 Å². The van der Waals surface area contributed by atoms with Crippen LogP contribution in [0, 0.1) is 24.1 Å². The van der Waals surface area contributed by atoms with Crippen molar-refractivity contribution in [1.82, 2.24) is 0 Å². The number of nitrogen functional groups attached to an aromatic ring is 1. The van der Waals surface area contributed by atoms with Crippen LogP contribution in [0.4, 0.5) is 10.1 Å². The Kier molecular flexibility index (Phi) is 3.16. The van der Waals surface area contributed by atoms with Gasteiger partial charge in [0, 0.05) is 6.07 Å². The minimum Gasteiger partial charge on any atom is -0.455 e. The van der Waals surface area contributed by atoms with Gasteiger partial charge in [-0.15, -0.1) is 0 Å². The highest BCUT2D eigenvalue weighted by Gasteiger charge is 2.06. The second kappa shape index (κ2) is 4.76. The van der Waals surface area contributed by atoms with Crippen molar-refractivity contribution < 1.29 is 9.13 Å². The second-order valence-corrected chi connectivity index (χ2v) is 3.88. The number of nitriles is 1. The summed E-state index contributed by atoms with van der Waals surface area (Å²) in [6.45, 7) is 1.81. The Hall–Kier alpha value is -2.54. The standard InChI is InChI=1S/C14H11FN2O/c1-9-6-10(8-16)2-5-13(9)18-14-7-11(15)3-4-12(14)17/h2-7H,17H2,1H3. The summed E-state index contributed by atoms with van der Waals surface area (Å²) in [6, 6.07) is 11.0. The van der Waals surface area contributed by atoms with Crippen molar-refractivity contribution in [3.05, 3.63) is 53.3 Å². The molecule has 0 spiro atoms. The maximum Gasteiger partial charge on any atom is 0.153 e. The van der Waals surface area contributed by atoms with Crippen LogP contribution in [0.2, 0.25) is 0 Å². The summed E-state index contributed by atoms with van der Waals surface area (Å²) in [6.07, 6.45) is 0. The molecule has 0 aliphatic heterocycles. The third-order valence-electron chi connectivity index (χ3n) is 2.50. The Labute approximate surface area is 104 Å². The quantitative estimate of drug-likeness (QED) is 0.821. The molecular weight excluding hydrogens is 231 g/mol. The first-order valence-electron chi connectivity index (χ1n) is 5.34. The molecule has 2 rings (SSSR count). The fourth-order valence-corrected chi connectivity index (χ4v) is 1.55. The molecule has 0 aromatic heterocycles. The number of hydrogen-bond acceptors (Lipinski definition) is 3. The van der Waals surface area contributed by atoms with Crippen molar-refractivity contribution in [2.75, 3.05) is 5.73 Å². The number of rotatable bonds is 2. The van der Waals surface area contributed by atoms with E-state index in [1.165, 1.54) is 18.2 Å². The maximum absolute atomic E-state index is 13.1. The number of aryl methyl sites for hydroxylation is 1. The van der Waals surface area contributed by atoms with Gasteiger partial charge in [-0.3, -0.25) is 0 Å². The van der Waals surface area contributed by atoms with Crippen molar-refractivity contribution in [3.63, 3.8) is 0 Å². The van der Waals surface area contributed by atoms with Gasteiger partial charge in [-0.25, -0.2) is 4.39 Å². The van der Waals surface area contributed by atoms with Crippen LogP contribution < -0.4 is 10.5 Å². The summed E-state index contributed by atoms with van der Waals surface area (Å²) in [5.41, 5.74) is 7.40. The molecule has 0 aliphatic rings. The van der Waals surface area contributed by atoms with Crippen molar-refractivity contribution >= 4 is 5.69 Å². The molecule has 0 fully saturated rings. The SMILES string of the molecule is Cc1cc(C#N)ccc1Oc1cc(F)ccc1N. The average molecular weight is 242 g/mol. The number of anilines is 1. The van der Waals surface area contributed by atoms with E-state index in [1.807, 2.05) is 13.0 Å². The summed E-state index contributed by atoms with van der Waals surface area (Å²) in [5, 5.41) is 8.76. The highest BCUT2D eigenvalue weighted by Crippen LogP contribution is 2.30. The smallest absolute Gasteiger partial charge is 0.153 e. The number of benzene rings is 2. The Morgan fingerprint density at radius 2 is 1.94 bits per heavy atom. The molecule has 4 heteroatoms. The molecule has 0 atom stereocenters. The summed E-state index contributed by atoms with van der Waals surface area (Å²) in [5.74, 6) is 0.402. The van der Waals surface area contributed by atoms with E-state index in [0.29, 0.717) is 17.0 Å². The summed E-state index contributed by atoms with van der Waals surface area (Å²) < 4.78 is 18.6. The maximum atomic E-state index is 13.1. The summed E-state index contributed by atoms with van der Waals surface area (Å²) >= 11 is 0. The first-order chi connectivity index (χ1) is 8.60. The molecule has 0 saturated carbocycles. The largest absolute Gasteiger partial charge is 0.455 e. The zero-order valence-corrected chi connectivity index (χ0v) is 9.77. The van der Waals surface area contributed by atoms with E-state index in [-0.39, 0.29) is 5.75 Å². The van der Waals surface area contributed by atoms with E-state index < -0.39 is 5.82 Å². The van der Waals surface area contributed by atoms with E-state index in [9.17, 15) is 4.39 Å². The fourth-order valence-electron chi connectivity index (χ4n) is 1.55. The lowest BCUT2D eigenvalue weighted by molar-refractivity contribution is 0.475. The molecule has 2 aromatic carbocycles. The van der Waals surface area contributed by atoms with Crippen molar-refractivity contribution in [3.8, 4) is 17.6 Å². The van der Waals surface area contributed by atoms with Gasteiger partial charge in [0.15, 0.2) is 5.75 Å². The van der Waals surface area contributed by atoms with Gasteiger partial charge in [0.1, 0.15) is 11.6 Å². The zero-order chi connectivity index (χ0) is 13.1. The van der Waals surface area contributed by atoms with Crippen molar-refractivity contribution in [2.24, 2.45) is 0 Å². The molecule has 3 nitrogen and oxygen atoms in total. The van der Waals surface area contributed by atoms with E-state index in [1.54, 1.807) is 18.2 Å². The average Bonchev–Trinajstić information content (AvgIpc) is 2.36. The molecule has 0 unspecified atom stereocenters. The topological polar surface area (TPSA) is 59.0 Å². The lowest BCUT2D eigenvalue weighted by Gasteiger charge is -2.10. The Morgan fingerprint density at radius 1 is 1.17 bits per heavy atom. The minimum absolute atomic E-state index is 0.266. The molecule has 0 radical (unpaired) electrons. The first kappa shape index (κ1) is 11.9. The zero-order valence-electron chi connectivity index (χ0n) is 9.77. The second-order valence-electron chi connectivity index (χ2n) is 3.88. The van der Waals surface area contributed by atoms with Crippen LogP contribution in [0.1, 0.15) is 11.1 Å². The highest BCUT2D eigenvalue weighted by atomic mass is 19.1. The first-order valence-corrected chi connectivity index (χ1v) is 5.34. The fraction of sp³-hybridized carbons (Fsp3) is 0.0714. The molecule has 0 bridgehead atoms. The normalized spacial score (nSPS) is 9.83. The number of hydrogen-bond donors (Lipinski definition) is 1. The van der Waals surface area contributed by atoms with Gasteiger partial charge in [0.05, 0.1) is 17.3 Å². The summed E-state index contributed by atoms with van der Waals surface area (Å²) in [4.78, 5) is 0. The van der Waals surface area contributed by atoms with Crippen LogP contribution in [0.25, 0.3) is 0 Å². The molecule has 0 heterocycles. The third kappa shape index (κ3) is 2.41. The number of ether oxygens (including phenoxy) is 1. The highest BCUT2D eigenvalue weighted by molar-refractivity contribution is 5.55. The van der Waals surface area contributed by atoms with Gasteiger partial charge < -0.3 is 10.5 Å². The predicted octanol–water partition coefficient (Wildman–Crippen LogP) is 3.38. The number of nitrogens with zero attached hydrogens (tertiary/aromatic N) is 1. The number of nitrogens with two attached hydrogens (primary N) is 1. The third-order valence-corrected chi connectivity index (χ3v) is 2.50. The van der Waals surface area contributed by atoms with Crippen LogP contribution in [-0.4, -0.2) is 0 Å². The van der Waals surface area contributed by atoms with E-state index in [2.05, 4.69) is 0 Å². The van der Waals surface area contributed by atoms with Gasteiger partial charge >= 0.3 is 0 Å². The van der Waals surface area contributed by atoms with Crippen LogP contribution in [0.15, 0.2) is 36.4 Å². The molecule has 0 aliphatic carbocycles. The molecule has 0 amide bonds. The Morgan fingerprint density at radius 3 is 2.61 bits per heavy atom. The molecule has 90 valence electrons. The van der Waals surface area contributed by atoms with Gasteiger partial charge in [-0.05, 0) is 42.8 Å². The lowest BCUT2D eigenvalue weighted by Crippen LogP contribution is -1.94. The van der Waals surface area contributed by atoms with E-state index >= 15 is 0 Å². The van der Waals surface area contributed by atoms with Gasteiger partial charge in [-0.2, -0.15) is 5.26 Å². The van der Waals surface area contributed by atoms with E-state index in [0.717, 1.165) is 5.56 Å². The molecule has 2 N–H and O–H groups in total. The van der Waals surface area contributed by atoms with Crippen molar-refractivity contribution in [2.45, 2.75) is 6.92 Å². The predicted molar refractivity (Wildman–Crippen MR) is 66.8 cm³/mol. The van der Waals surface area contributed by atoms with E-state index in [4.69, 9.17) is 15.7 Å². The minimum atomic E-state index is -0.412.